The molecule has 0 aromatic carbocycles. The maximum absolute atomic E-state index is 9.60. The van der Waals surface area contributed by atoms with Crippen molar-refractivity contribution >= 4 is 0 Å². The molecule has 0 rings (SSSR count). The van der Waals surface area contributed by atoms with E-state index in [2.05, 4.69) is 0 Å². The van der Waals surface area contributed by atoms with Gasteiger partial charge in [0.1, 0.15) is 0 Å². The Morgan fingerprint density at radius 1 is 1.75 bits per heavy atom. The number of hydrogen-bond acceptors (Lipinski definition) is 1. The first kappa shape index (κ1) is 8.90. The number of hydrogen-bond donors (Lipinski definition) is 0. The van der Waals surface area contributed by atoms with E-state index in [1.165, 1.54) is 0 Å². The largest absolute Gasteiger partial charge is 1.00 e. The summed E-state index contributed by atoms with van der Waals surface area (Å²) in [7, 11) is 0. The summed E-state index contributed by atoms with van der Waals surface area (Å²) in [6.45, 7) is 0. The van der Waals surface area contributed by atoms with Crippen LogP contribution in [-0.4, -0.2) is 0 Å². The molecule has 0 spiro atoms. The zero-order valence-corrected chi connectivity index (χ0v) is 3.11. The van der Waals surface area contributed by atoms with Gasteiger partial charge in [0.25, 0.3) is 6.32 Å². The van der Waals surface area contributed by atoms with Crippen molar-refractivity contribution in [3.05, 3.63) is 0 Å². The minimum absolute atomic E-state index is 0. The number of nitrogens with zero attached hydrogens (tertiary/aromatic N) is 1. The van der Waals surface area contributed by atoms with E-state index in [0.717, 1.165) is 0 Å². The van der Waals surface area contributed by atoms with Gasteiger partial charge in [0.05, 0.1) is 0 Å². The molecule has 0 saturated carbocycles. The van der Waals surface area contributed by atoms with Crippen LogP contribution in [0.4, 0.5) is 4.39 Å². The van der Waals surface area contributed by atoms with Crippen LogP contribution < -0.4 is 0 Å². The number of nitriles is 1. The summed E-state index contributed by atoms with van der Waals surface area (Å²) in [6, 6.07) is 0. The van der Waals surface area contributed by atoms with E-state index in [9.17, 15) is 4.39 Å². The summed E-state index contributed by atoms with van der Waals surface area (Å²) in [4.78, 5) is 0. The summed E-state index contributed by atoms with van der Waals surface area (Å²) < 4.78 is 9.60. The standard InChI is InChI=1S/CFN.Ag/c2-1-3;/q;+1. The first-order chi connectivity index (χ1) is 1.41. The molecule has 3 heteroatoms. The van der Waals surface area contributed by atoms with Gasteiger partial charge in [-0.25, -0.2) is 0 Å². The van der Waals surface area contributed by atoms with E-state index in [1.54, 1.807) is 0 Å². The van der Waals surface area contributed by atoms with Crippen molar-refractivity contribution in [3.63, 3.8) is 0 Å². The van der Waals surface area contributed by atoms with Gasteiger partial charge < -0.3 is 0 Å². The molecule has 4 heavy (non-hydrogen) atoms. The Kier molecular flexibility index (Phi) is 24.4. The SMILES string of the molecule is N#CF.[Ag+]. The molecular weight excluding hydrogens is 153 g/mol. The molecule has 0 unspecified atom stereocenters. The topological polar surface area (TPSA) is 23.8 Å². The van der Waals surface area contributed by atoms with Gasteiger partial charge in [-0.05, 0) is 0 Å². The van der Waals surface area contributed by atoms with Gasteiger partial charge in [0.2, 0.25) is 0 Å². The fourth-order valence-corrected chi connectivity index (χ4v) is 0. The molecule has 0 bridgehead atoms. The molecule has 0 aromatic rings. The normalized spacial score (nSPS) is 2.00. The molecule has 0 N–H and O–H groups in total. The molecule has 26 valence electrons. The zero-order chi connectivity index (χ0) is 2.71. The smallest absolute Gasteiger partial charge is 0.159 e. The molecule has 0 aliphatic rings. The van der Waals surface area contributed by atoms with Gasteiger partial charge in [-0.2, -0.15) is 5.26 Å². The van der Waals surface area contributed by atoms with Crippen molar-refractivity contribution < 1.29 is 26.8 Å². The van der Waals surface area contributed by atoms with Crippen LogP contribution in [-0.2, 0) is 22.4 Å². The van der Waals surface area contributed by atoms with Crippen LogP contribution in [0.15, 0.2) is 0 Å². The van der Waals surface area contributed by atoms with Crippen LogP contribution >= 0.6 is 0 Å². The van der Waals surface area contributed by atoms with Gasteiger partial charge in [0, 0.05) is 0 Å². The fraction of sp³-hybridized carbons (Fsp3) is 0. The van der Waals surface area contributed by atoms with Gasteiger partial charge >= 0.3 is 22.4 Å². The van der Waals surface area contributed by atoms with E-state index in [1.807, 2.05) is 0 Å². The minimum Gasteiger partial charge on any atom is -0.159 e. The van der Waals surface area contributed by atoms with Gasteiger partial charge in [-0.3, -0.25) is 0 Å². The molecule has 1 nitrogen and oxygen atoms in total. The fourth-order valence-electron chi connectivity index (χ4n) is 0. The van der Waals surface area contributed by atoms with Gasteiger partial charge in [0.15, 0.2) is 0 Å². The predicted octanol–water partition coefficient (Wildman–Crippen LogP) is 0.434. The molecule has 0 fully saturated rings. The molecule has 0 heterocycles. The average Bonchev–Trinajstić information content (AvgIpc) is 0.918. The van der Waals surface area contributed by atoms with Crippen LogP contribution in [0.1, 0.15) is 0 Å². The summed E-state index contributed by atoms with van der Waals surface area (Å²) in [5.74, 6) is 0. The van der Waals surface area contributed by atoms with Crippen molar-refractivity contribution in [2.24, 2.45) is 0 Å². The average molecular weight is 153 g/mol. The quantitative estimate of drug-likeness (QED) is 0.463. The molecule has 0 saturated heterocycles. The van der Waals surface area contributed by atoms with Crippen LogP contribution in [0.3, 0.4) is 0 Å². The Labute approximate surface area is 38.9 Å². The monoisotopic (exact) mass is 152 g/mol. The third-order valence-corrected chi connectivity index (χ3v) is 0. The maximum Gasteiger partial charge on any atom is 1.00 e. The summed E-state index contributed by atoms with van der Waals surface area (Å²) >= 11 is 0. The molecule has 0 amide bonds. The Hall–Kier alpha value is 0.160. The van der Waals surface area contributed by atoms with Crippen molar-refractivity contribution in [3.8, 4) is 6.32 Å². The molecule has 0 aromatic heterocycles. The van der Waals surface area contributed by atoms with Crippen molar-refractivity contribution in [2.45, 2.75) is 0 Å². The van der Waals surface area contributed by atoms with Crippen LogP contribution in [0.2, 0.25) is 0 Å². The molecule has 0 aliphatic carbocycles. The second kappa shape index (κ2) is 11.0. The summed E-state index contributed by atoms with van der Waals surface area (Å²) in [5.41, 5.74) is 0. The maximum atomic E-state index is 9.60. The molecule has 0 aliphatic heterocycles. The number of halogens is 1. The van der Waals surface area contributed by atoms with Crippen LogP contribution in [0.25, 0.3) is 0 Å². The van der Waals surface area contributed by atoms with E-state index >= 15 is 0 Å². The second-order valence-corrected chi connectivity index (χ2v) is 0.0845. The van der Waals surface area contributed by atoms with E-state index < -0.39 is 0 Å². The Balaban J connectivity index is 0. The first-order valence-electron chi connectivity index (χ1n) is 0.413. The van der Waals surface area contributed by atoms with E-state index in [0.29, 0.717) is 0 Å². The Morgan fingerprint density at radius 3 is 1.75 bits per heavy atom. The van der Waals surface area contributed by atoms with Gasteiger partial charge in [-0.1, -0.05) is 0 Å². The van der Waals surface area contributed by atoms with E-state index in [4.69, 9.17) is 5.26 Å². The first-order valence-corrected chi connectivity index (χ1v) is 0.413. The van der Waals surface area contributed by atoms with Crippen molar-refractivity contribution in [1.29, 1.82) is 5.26 Å². The predicted molar refractivity (Wildman–Crippen MR) is 6.72 cm³/mol. The molecule has 0 radical (unpaired) electrons. The van der Waals surface area contributed by atoms with Gasteiger partial charge in [-0.15, -0.1) is 4.39 Å². The number of rotatable bonds is 0. The zero-order valence-electron chi connectivity index (χ0n) is 1.63. The second-order valence-electron chi connectivity index (χ2n) is 0.0845. The van der Waals surface area contributed by atoms with Crippen LogP contribution in [0.5, 0.6) is 0 Å². The van der Waals surface area contributed by atoms with Crippen molar-refractivity contribution in [1.82, 2.24) is 0 Å². The third kappa shape index (κ3) is 113. The van der Waals surface area contributed by atoms with Crippen LogP contribution in [0, 0.1) is 11.6 Å². The minimum atomic E-state index is 0. The third-order valence-electron chi connectivity index (χ3n) is 0. The molecule has 0 atom stereocenters. The Bertz CT molecular complexity index is 29.5. The summed E-state index contributed by atoms with van der Waals surface area (Å²) in [5, 5.41) is 6.65. The Morgan fingerprint density at radius 2 is 1.75 bits per heavy atom. The molecular formula is CAgFN+. The van der Waals surface area contributed by atoms with Crippen molar-refractivity contribution in [2.75, 3.05) is 0 Å². The summed E-state index contributed by atoms with van der Waals surface area (Å²) in [6.07, 6.45) is 0.250. The van der Waals surface area contributed by atoms with E-state index in [-0.39, 0.29) is 28.7 Å².